The first-order valence-electron chi connectivity index (χ1n) is 3.16. The molecule has 0 spiro atoms. The molecule has 0 unspecified atom stereocenters. The van der Waals surface area contributed by atoms with Crippen molar-refractivity contribution in [3.05, 3.63) is 23.8 Å². The number of carbonyl (C=O) groups excluding carboxylic acids is 1. The minimum atomic E-state index is 0.548. The number of aldehydes is 1. The normalized spacial score (nSPS) is 9.55. The molecule has 0 saturated carbocycles. The third-order valence-corrected chi connectivity index (χ3v) is 2.15. The molecule has 0 aromatic heterocycles. The van der Waals surface area contributed by atoms with Gasteiger partial charge >= 0.3 is 0 Å². The van der Waals surface area contributed by atoms with Gasteiger partial charge in [-0.1, -0.05) is 0 Å². The molecule has 1 aromatic rings. The van der Waals surface area contributed by atoms with E-state index in [0.717, 1.165) is 11.2 Å². The van der Waals surface area contributed by atoms with Crippen LogP contribution in [0.25, 0.3) is 0 Å². The number of carbonyl (C=O) groups is 1. The molecule has 0 aliphatic carbocycles. The Kier molecular flexibility index (Phi) is 2.54. The van der Waals surface area contributed by atoms with Gasteiger partial charge in [-0.05, 0) is 24.5 Å². The summed E-state index contributed by atoms with van der Waals surface area (Å²) in [5.74, 6) is 0. The number of thioether (sulfide) groups is 1. The van der Waals surface area contributed by atoms with Gasteiger partial charge in [0.25, 0.3) is 0 Å². The van der Waals surface area contributed by atoms with Crippen molar-refractivity contribution < 1.29 is 4.79 Å². The highest BCUT2D eigenvalue weighted by atomic mass is 32.2. The Hall–Kier alpha value is -0.960. The standard InChI is InChI=1S/C8H9NOS/c1-11-7-3-2-6(5-10)8(9)4-7/h2-5H,9H2,1H3. The van der Waals surface area contributed by atoms with Crippen LogP contribution in [0.3, 0.4) is 0 Å². The molecule has 0 heterocycles. The van der Waals surface area contributed by atoms with Crippen LogP contribution in [0.5, 0.6) is 0 Å². The van der Waals surface area contributed by atoms with Crippen molar-refractivity contribution in [2.75, 3.05) is 12.0 Å². The van der Waals surface area contributed by atoms with Gasteiger partial charge in [0.2, 0.25) is 0 Å². The summed E-state index contributed by atoms with van der Waals surface area (Å²) in [5.41, 5.74) is 6.67. The van der Waals surface area contributed by atoms with E-state index in [1.807, 2.05) is 12.3 Å². The molecule has 1 rings (SSSR count). The van der Waals surface area contributed by atoms with Gasteiger partial charge in [-0.25, -0.2) is 0 Å². The Labute approximate surface area is 69.8 Å². The van der Waals surface area contributed by atoms with E-state index in [0.29, 0.717) is 11.3 Å². The molecular weight excluding hydrogens is 158 g/mol. The first-order valence-corrected chi connectivity index (χ1v) is 4.39. The first kappa shape index (κ1) is 8.14. The van der Waals surface area contributed by atoms with Gasteiger partial charge in [0.05, 0.1) is 0 Å². The van der Waals surface area contributed by atoms with Crippen molar-refractivity contribution in [2.45, 2.75) is 4.90 Å². The lowest BCUT2D eigenvalue weighted by molar-refractivity contribution is 0.112. The Balaban J connectivity index is 3.09. The van der Waals surface area contributed by atoms with Crippen LogP contribution in [0.15, 0.2) is 23.1 Å². The summed E-state index contributed by atoms with van der Waals surface area (Å²) in [6.07, 6.45) is 2.73. The first-order chi connectivity index (χ1) is 5.27. The lowest BCUT2D eigenvalue weighted by Crippen LogP contribution is -1.91. The van der Waals surface area contributed by atoms with E-state index < -0.39 is 0 Å². The fraction of sp³-hybridized carbons (Fsp3) is 0.125. The molecule has 0 bridgehead atoms. The molecule has 0 saturated heterocycles. The highest BCUT2D eigenvalue weighted by molar-refractivity contribution is 7.98. The molecule has 0 atom stereocenters. The van der Waals surface area contributed by atoms with Crippen LogP contribution in [0.1, 0.15) is 10.4 Å². The molecule has 2 nitrogen and oxygen atoms in total. The Morgan fingerprint density at radius 2 is 2.27 bits per heavy atom. The summed E-state index contributed by atoms with van der Waals surface area (Å²) in [4.78, 5) is 11.4. The molecule has 0 aliphatic heterocycles. The van der Waals surface area contributed by atoms with Crippen LogP contribution in [0, 0.1) is 0 Å². The largest absolute Gasteiger partial charge is 0.398 e. The van der Waals surface area contributed by atoms with Crippen molar-refractivity contribution in [3.63, 3.8) is 0 Å². The van der Waals surface area contributed by atoms with E-state index in [9.17, 15) is 4.79 Å². The van der Waals surface area contributed by atoms with E-state index in [1.165, 1.54) is 0 Å². The number of anilines is 1. The summed E-state index contributed by atoms with van der Waals surface area (Å²) < 4.78 is 0. The van der Waals surface area contributed by atoms with Crippen molar-refractivity contribution in [1.82, 2.24) is 0 Å². The third kappa shape index (κ3) is 1.74. The third-order valence-electron chi connectivity index (χ3n) is 1.42. The average Bonchev–Trinajstić information content (AvgIpc) is 2.04. The maximum absolute atomic E-state index is 10.3. The number of hydrogen-bond acceptors (Lipinski definition) is 3. The minimum absolute atomic E-state index is 0.548. The molecule has 0 radical (unpaired) electrons. The minimum Gasteiger partial charge on any atom is -0.398 e. The summed E-state index contributed by atoms with van der Waals surface area (Å²) in [5, 5.41) is 0. The van der Waals surface area contributed by atoms with Crippen LogP contribution in [0.4, 0.5) is 5.69 Å². The van der Waals surface area contributed by atoms with E-state index in [4.69, 9.17) is 5.73 Å². The number of nitrogen functional groups attached to an aromatic ring is 1. The second-order valence-corrected chi connectivity index (χ2v) is 2.99. The fourth-order valence-electron chi connectivity index (χ4n) is 0.787. The number of benzene rings is 1. The summed E-state index contributed by atoms with van der Waals surface area (Å²) in [6.45, 7) is 0. The Morgan fingerprint density at radius 1 is 1.55 bits per heavy atom. The molecule has 11 heavy (non-hydrogen) atoms. The predicted octanol–water partition coefficient (Wildman–Crippen LogP) is 1.80. The molecular formula is C8H9NOS. The average molecular weight is 167 g/mol. The SMILES string of the molecule is CSc1ccc(C=O)c(N)c1. The molecule has 0 aliphatic rings. The Bertz CT molecular complexity index is 273. The van der Waals surface area contributed by atoms with Gasteiger partial charge in [-0.3, -0.25) is 4.79 Å². The van der Waals surface area contributed by atoms with E-state index in [2.05, 4.69) is 0 Å². The summed E-state index contributed by atoms with van der Waals surface area (Å²) in [6, 6.07) is 5.41. The van der Waals surface area contributed by atoms with Gasteiger partial charge in [0, 0.05) is 16.1 Å². The fourth-order valence-corrected chi connectivity index (χ4v) is 1.24. The lowest BCUT2D eigenvalue weighted by Gasteiger charge is -1.99. The molecule has 1 aromatic carbocycles. The highest BCUT2D eigenvalue weighted by Gasteiger charge is 1.97. The molecule has 0 fully saturated rings. The van der Waals surface area contributed by atoms with Crippen LogP contribution >= 0.6 is 11.8 Å². The smallest absolute Gasteiger partial charge is 0.152 e. The van der Waals surface area contributed by atoms with Gasteiger partial charge in [0.15, 0.2) is 6.29 Å². The topological polar surface area (TPSA) is 43.1 Å². The van der Waals surface area contributed by atoms with Crippen molar-refractivity contribution in [1.29, 1.82) is 0 Å². The zero-order valence-electron chi connectivity index (χ0n) is 6.20. The second kappa shape index (κ2) is 3.44. The van der Waals surface area contributed by atoms with Gasteiger partial charge in [-0.15, -0.1) is 11.8 Å². The monoisotopic (exact) mass is 167 g/mol. The molecule has 3 heteroatoms. The van der Waals surface area contributed by atoms with Crippen molar-refractivity contribution in [2.24, 2.45) is 0 Å². The number of nitrogens with two attached hydrogens (primary N) is 1. The lowest BCUT2D eigenvalue weighted by atomic mass is 10.2. The summed E-state index contributed by atoms with van der Waals surface area (Å²) in [7, 11) is 0. The van der Waals surface area contributed by atoms with Gasteiger partial charge < -0.3 is 5.73 Å². The maximum Gasteiger partial charge on any atom is 0.152 e. The summed E-state index contributed by atoms with van der Waals surface area (Å²) >= 11 is 1.61. The highest BCUT2D eigenvalue weighted by Crippen LogP contribution is 2.19. The Morgan fingerprint density at radius 3 is 2.73 bits per heavy atom. The zero-order valence-corrected chi connectivity index (χ0v) is 7.02. The number of rotatable bonds is 2. The van der Waals surface area contributed by atoms with E-state index in [-0.39, 0.29) is 0 Å². The number of hydrogen-bond donors (Lipinski definition) is 1. The van der Waals surface area contributed by atoms with E-state index in [1.54, 1.807) is 23.9 Å². The van der Waals surface area contributed by atoms with E-state index >= 15 is 0 Å². The van der Waals surface area contributed by atoms with Crippen molar-refractivity contribution in [3.8, 4) is 0 Å². The van der Waals surface area contributed by atoms with Crippen molar-refractivity contribution >= 4 is 23.7 Å². The molecule has 0 amide bonds. The zero-order chi connectivity index (χ0) is 8.27. The predicted molar refractivity (Wildman–Crippen MR) is 48.0 cm³/mol. The maximum atomic E-state index is 10.3. The quantitative estimate of drug-likeness (QED) is 0.415. The molecule has 2 N–H and O–H groups in total. The van der Waals surface area contributed by atoms with Crippen LogP contribution < -0.4 is 5.73 Å². The van der Waals surface area contributed by atoms with Gasteiger partial charge in [-0.2, -0.15) is 0 Å². The molecule has 58 valence electrons. The van der Waals surface area contributed by atoms with Crippen LogP contribution in [-0.4, -0.2) is 12.5 Å². The van der Waals surface area contributed by atoms with Crippen LogP contribution in [0.2, 0.25) is 0 Å². The van der Waals surface area contributed by atoms with Crippen LogP contribution in [-0.2, 0) is 0 Å². The second-order valence-electron chi connectivity index (χ2n) is 2.11. The van der Waals surface area contributed by atoms with Gasteiger partial charge in [0.1, 0.15) is 0 Å².